The molecule has 0 N–H and O–H groups in total. The summed E-state index contributed by atoms with van der Waals surface area (Å²) in [6.45, 7) is 4.53. The van der Waals surface area contributed by atoms with Crippen LogP contribution >= 0.6 is 23.1 Å². The lowest BCUT2D eigenvalue weighted by molar-refractivity contribution is 0.155. The molecule has 1 aromatic carbocycles. The summed E-state index contributed by atoms with van der Waals surface area (Å²) in [5.41, 5.74) is 2.51. The lowest BCUT2D eigenvalue weighted by Gasteiger charge is -2.33. The molecule has 3 aromatic rings. The summed E-state index contributed by atoms with van der Waals surface area (Å²) in [6.07, 6.45) is 1.65. The zero-order valence-electron chi connectivity index (χ0n) is 16.4. The number of aromatic nitrogens is 5. The maximum Gasteiger partial charge on any atom is 0.194 e. The normalized spacial score (nSPS) is 16.9. The van der Waals surface area contributed by atoms with Gasteiger partial charge in [0, 0.05) is 36.8 Å². The lowest BCUT2D eigenvalue weighted by Crippen LogP contribution is -2.36. The van der Waals surface area contributed by atoms with Crippen LogP contribution in [0.4, 0.5) is 0 Å². The van der Waals surface area contributed by atoms with Crippen LogP contribution in [0.15, 0.2) is 23.7 Å². The Balaban J connectivity index is 1.56. The highest BCUT2D eigenvalue weighted by Gasteiger charge is 2.30. The first kappa shape index (κ1) is 19.8. The minimum Gasteiger partial charge on any atom is -0.497 e. The molecular formula is C19H21ClN6O2S. The topological polar surface area (TPSA) is 78.2 Å². The molecule has 1 unspecified atom stereocenters. The molecule has 0 spiro atoms. The Hall–Kier alpha value is -2.49. The van der Waals surface area contributed by atoms with Gasteiger partial charge in [0.15, 0.2) is 22.5 Å². The molecule has 0 amide bonds. The van der Waals surface area contributed by atoms with Crippen LogP contribution in [0.5, 0.6) is 11.5 Å². The largest absolute Gasteiger partial charge is 0.497 e. The minimum absolute atomic E-state index is 0.104. The summed E-state index contributed by atoms with van der Waals surface area (Å²) in [5.74, 6) is 3.85. The van der Waals surface area contributed by atoms with E-state index in [0.29, 0.717) is 5.82 Å². The Morgan fingerprint density at radius 3 is 2.86 bits per heavy atom. The van der Waals surface area contributed by atoms with Gasteiger partial charge in [-0.3, -0.25) is 4.90 Å². The van der Waals surface area contributed by atoms with Gasteiger partial charge < -0.3 is 14.0 Å². The molecule has 0 radical (unpaired) electrons. The number of hydrogen-bond acceptors (Lipinski definition) is 8. The van der Waals surface area contributed by atoms with Crippen molar-refractivity contribution in [3.05, 3.63) is 40.9 Å². The minimum atomic E-state index is 0.104. The van der Waals surface area contributed by atoms with E-state index < -0.39 is 0 Å². The van der Waals surface area contributed by atoms with Crippen molar-refractivity contribution >= 4 is 29.2 Å². The zero-order chi connectivity index (χ0) is 20.4. The number of ether oxygens (including phenoxy) is 2. The predicted octanol–water partition coefficient (Wildman–Crippen LogP) is 3.60. The van der Waals surface area contributed by atoms with Crippen molar-refractivity contribution in [1.82, 2.24) is 29.0 Å². The smallest absolute Gasteiger partial charge is 0.194 e. The third-order valence-electron chi connectivity index (χ3n) is 5.02. The van der Waals surface area contributed by atoms with Crippen LogP contribution < -0.4 is 9.47 Å². The summed E-state index contributed by atoms with van der Waals surface area (Å²) < 4.78 is 17.2. The van der Waals surface area contributed by atoms with Crippen molar-refractivity contribution in [3.8, 4) is 22.3 Å². The number of fused-ring (bicyclic) bond motifs is 1. The average molecular weight is 433 g/mol. The van der Waals surface area contributed by atoms with E-state index in [1.807, 2.05) is 18.2 Å². The van der Waals surface area contributed by atoms with Crippen molar-refractivity contribution in [2.45, 2.75) is 26.1 Å². The third kappa shape index (κ3) is 3.85. The molecule has 1 aliphatic rings. The number of halogens is 1. The Morgan fingerprint density at radius 2 is 2.10 bits per heavy atom. The maximum atomic E-state index is 5.62. The van der Waals surface area contributed by atoms with Crippen molar-refractivity contribution in [2.24, 2.45) is 0 Å². The van der Waals surface area contributed by atoms with Crippen molar-refractivity contribution in [1.29, 1.82) is 0 Å². The molecule has 1 atom stereocenters. The van der Waals surface area contributed by atoms with Gasteiger partial charge in [-0.05, 0) is 30.6 Å². The fraction of sp³-hybridized carbons (Fsp3) is 0.368. The molecule has 4 rings (SSSR count). The Morgan fingerprint density at radius 1 is 1.24 bits per heavy atom. The van der Waals surface area contributed by atoms with Gasteiger partial charge in [0.05, 0.1) is 20.3 Å². The fourth-order valence-corrected chi connectivity index (χ4v) is 4.22. The molecule has 0 bridgehead atoms. The Bertz CT molecular complexity index is 1030. The summed E-state index contributed by atoms with van der Waals surface area (Å²) in [7, 11) is 3.33. The van der Waals surface area contributed by atoms with Gasteiger partial charge in [-0.2, -0.15) is 4.37 Å². The van der Waals surface area contributed by atoms with Gasteiger partial charge >= 0.3 is 0 Å². The van der Waals surface area contributed by atoms with Crippen LogP contribution in [-0.4, -0.2) is 49.8 Å². The van der Waals surface area contributed by atoms with Gasteiger partial charge in [0.1, 0.15) is 11.5 Å². The molecule has 0 saturated heterocycles. The first-order valence-corrected chi connectivity index (χ1v) is 10.3. The van der Waals surface area contributed by atoms with Crippen LogP contribution in [0.3, 0.4) is 0 Å². The van der Waals surface area contributed by atoms with Crippen molar-refractivity contribution in [2.75, 3.05) is 20.8 Å². The predicted molar refractivity (Wildman–Crippen MR) is 112 cm³/mol. The highest BCUT2D eigenvalue weighted by atomic mass is 35.5. The molecule has 2 aromatic heterocycles. The second-order valence-electron chi connectivity index (χ2n) is 6.61. The van der Waals surface area contributed by atoms with Crippen molar-refractivity contribution < 1.29 is 9.47 Å². The molecule has 0 fully saturated rings. The van der Waals surface area contributed by atoms with Crippen LogP contribution in [0.2, 0.25) is 0 Å². The van der Waals surface area contributed by atoms with E-state index in [2.05, 4.69) is 35.9 Å². The third-order valence-corrected chi connectivity index (χ3v) is 5.88. The van der Waals surface area contributed by atoms with Crippen LogP contribution in [-0.2, 0) is 13.1 Å². The van der Waals surface area contributed by atoms with Gasteiger partial charge in [-0.15, -0.1) is 10.2 Å². The Kier molecular flexibility index (Phi) is 5.79. The lowest BCUT2D eigenvalue weighted by atomic mass is 10.1. The second-order valence-corrected chi connectivity index (χ2v) is 7.61. The SMILES string of the molecule is COc1ccc(CN2CCn3c(-c4nc(C=CCl)ns4)nnc3C2C)c(OC)c1. The average Bonchev–Trinajstić information content (AvgIpc) is 3.37. The molecule has 152 valence electrons. The van der Waals surface area contributed by atoms with E-state index in [1.54, 1.807) is 20.3 Å². The molecule has 0 aliphatic carbocycles. The summed E-state index contributed by atoms with van der Waals surface area (Å²) in [4.78, 5) is 6.83. The van der Waals surface area contributed by atoms with Crippen LogP contribution in [0.1, 0.15) is 30.2 Å². The Labute approximate surface area is 177 Å². The van der Waals surface area contributed by atoms with Gasteiger partial charge in [0.2, 0.25) is 0 Å². The van der Waals surface area contributed by atoms with Gasteiger partial charge in [0.25, 0.3) is 0 Å². The summed E-state index contributed by atoms with van der Waals surface area (Å²) >= 11 is 6.91. The molecule has 3 heterocycles. The number of benzene rings is 1. The van der Waals surface area contributed by atoms with E-state index in [0.717, 1.165) is 53.4 Å². The van der Waals surface area contributed by atoms with Gasteiger partial charge in [-0.25, -0.2) is 4.98 Å². The summed E-state index contributed by atoms with van der Waals surface area (Å²) in [5, 5.41) is 9.57. The van der Waals surface area contributed by atoms with E-state index in [-0.39, 0.29) is 6.04 Å². The molecular weight excluding hydrogens is 412 g/mol. The maximum absolute atomic E-state index is 5.62. The summed E-state index contributed by atoms with van der Waals surface area (Å²) in [6, 6.07) is 6.01. The fourth-order valence-electron chi connectivity index (χ4n) is 3.46. The van der Waals surface area contributed by atoms with E-state index in [4.69, 9.17) is 21.1 Å². The number of rotatable bonds is 6. The molecule has 10 heteroatoms. The number of hydrogen-bond donors (Lipinski definition) is 0. The standard InChI is InChI=1S/C19H21ClN6O2S/c1-12-17-22-23-18(19-21-16(6-7-20)24-29-19)26(17)9-8-25(12)11-13-4-5-14(27-2)10-15(13)28-3/h4-7,10,12H,8-9,11H2,1-3H3. The molecule has 1 aliphatic heterocycles. The highest BCUT2D eigenvalue weighted by Crippen LogP contribution is 2.32. The van der Waals surface area contributed by atoms with E-state index in [1.165, 1.54) is 17.1 Å². The molecule has 29 heavy (non-hydrogen) atoms. The molecule has 0 saturated carbocycles. The van der Waals surface area contributed by atoms with Crippen molar-refractivity contribution in [3.63, 3.8) is 0 Å². The number of nitrogens with zero attached hydrogens (tertiary/aromatic N) is 6. The number of methoxy groups -OCH3 is 2. The monoisotopic (exact) mass is 432 g/mol. The van der Waals surface area contributed by atoms with E-state index in [9.17, 15) is 0 Å². The molecule has 8 nitrogen and oxygen atoms in total. The van der Waals surface area contributed by atoms with E-state index >= 15 is 0 Å². The first-order valence-electron chi connectivity index (χ1n) is 9.13. The zero-order valence-corrected chi connectivity index (χ0v) is 17.9. The second kappa shape index (κ2) is 8.48. The van der Waals surface area contributed by atoms with Gasteiger partial charge in [-0.1, -0.05) is 17.7 Å². The quantitative estimate of drug-likeness (QED) is 0.588. The highest BCUT2D eigenvalue weighted by molar-refractivity contribution is 7.09. The first-order chi connectivity index (χ1) is 14.1. The van der Waals surface area contributed by atoms with Crippen LogP contribution in [0.25, 0.3) is 16.9 Å². The van der Waals surface area contributed by atoms with Crippen LogP contribution in [0, 0.1) is 0 Å².